The van der Waals surface area contributed by atoms with Crippen LogP contribution in [-0.2, 0) is 12.8 Å². The molecule has 15 heavy (non-hydrogen) atoms. The van der Waals surface area contributed by atoms with Crippen LogP contribution in [0.15, 0.2) is 12.3 Å². The Hall–Kier alpha value is -1.26. The molecule has 1 aliphatic carbocycles. The number of nitrogens with zero attached hydrogens (tertiary/aromatic N) is 1. The first kappa shape index (κ1) is 10.3. The second kappa shape index (κ2) is 3.40. The molecule has 2 nitrogen and oxygen atoms in total. The minimum Gasteiger partial charge on any atom is -0.397 e. The highest BCUT2D eigenvalue weighted by atomic mass is 19.4. The molecule has 0 saturated heterocycles. The lowest BCUT2D eigenvalue weighted by Crippen LogP contribution is -2.29. The first-order valence-corrected chi connectivity index (χ1v) is 4.77. The molecule has 1 aromatic heterocycles. The molecule has 2 rings (SSSR count). The van der Waals surface area contributed by atoms with E-state index in [-0.39, 0.29) is 12.8 Å². The molecule has 0 fully saturated rings. The molecule has 1 aliphatic rings. The first-order valence-electron chi connectivity index (χ1n) is 4.77. The lowest BCUT2D eigenvalue weighted by molar-refractivity contribution is -0.177. The van der Waals surface area contributed by atoms with Crippen molar-refractivity contribution in [1.82, 2.24) is 4.98 Å². The Morgan fingerprint density at radius 3 is 2.80 bits per heavy atom. The fourth-order valence-electron chi connectivity index (χ4n) is 1.90. The Bertz CT molecular complexity index is 373. The Morgan fingerprint density at radius 1 is 1.40 bits per heavy atom. The number of hydrogen-bond acceptors (Lipinski definition) is 2. The second-order valence-electron chi connectivity index (χ2n) is 3.86. The highest BCUT2D eigenvalue weighted by Crippen LogP contribution is 2.36. The van der Waals surface area contributed by atoms with Gasteiger partial charge in [0.05, 0.1) is 17.8 Å². The van der Waals surface area contributed by atoms with E-state index in [4.69, 9.17) is 5.73 Å². The molecular formula is C10H11F3N2. The summed E-state index contributed by atoms with van der Waals surface area (Å²) in [5, 5.41) is 0. The third kappa shape index (κ3) is 2.06. The molecule has 1 atom stereocenters. The van der Waals surface area contributed by atoms with Gasteiger partial charge in [-0.2, -0.15) is 13.2 Å². The zero-order valence-electron chi connectivity index (χ0n) is 8.01. The largest absolute Gasteiger partial charge is 0.397 e. The molecule has 0 spiro atoms. The molecule has 0 amide bonds. The molecule has 1 aromatic rings. The summed E-state index contributed by atoms with van der Waals surface area (Å²) in [6, 6.07) is 1.72. The molecule has 0 aromatic carbocycles. The smallest absolute Gasteiger partial charge is 0.392 e. The quantitative estimate of drug-likeness (QED) is 0.722. The van der Waals surface area contributed by atoms with Crippen molar-refractivity contribution in [3.8, 4) is 0 Å². The van der Waals surface area contributed by atoms with Crippen LogP contribution in [0.1, 0.15) is 17.7 Å². The number of nitrogen functional groups attached to an aromatic ring is 1. The second-order valence-corrected chi connectivity index (χ2v) is 3.86. The number of halogens is 3. The van der Waals surface area contributed by atoms with E-state index < -0.39 is 12.1 Å². The predicted octanol–water partition coefficient (Wildman–Crippen LogP) is 2.33. The summed E-state index contributed by atoms with van der Waals surface area (Å²) in [5.74, 6) is -1.25. The van der Waals surface area contributed by atoms with Crippen molar-refractivity contribution in [3.63, 3.8) is 0 Å². The van der Waals surface area contributed by atoms with Crippen LogP contribution in [0.2, 0.25) is 0 Å². The fourth-order valence-corrected chi connectivity index (χ4v) is 1.90. The number of hydrogen-bond donors (Lipinski definition) is 1. The van der Waals surface area contributed by atoms with Gasteiger partial charge in [0.15, 0.2) is 0 Å². The van der Waals surface area contributed by atoms with Crippen molar-refractivity contribution in [1.29, 1.82) is 0 Å². The van der Waals surface area contributed by atoms with Crippen molar-refractivity contribution < 1.29 is 13.2 Å². The molecular weight excluding hydrogens is 205 g/mol. The van der Waals surface area contributed by atoms with Gasteiger partial charge in [-0.25, -0.2) is 0 Å². The zero-order chi connectivity index (χ0) is 11.1. The third-order valence-electron chi connectivity index (χ3n) is 2.75. The monoisotopic (exact) mass is 216 g/mol. The summed E-state index contributed by atoms with van der Waals surface area (Å²) >= 11 is 0. The van der Waals surface area contributed by atoms with E-state index in [0.717, 1.165) is 5.56 Å². The number of pyridine rings is 1. The molecule has 0 radical (unpaired) electrons. The van der Waals surface area contributed by atoms with Crippen LogP contribution in [0.5, 0.6) is 0 Å². The van der Waals surface area contributed by atoms with Gasteiger partial charge in [-0.15, -0.1) is 0 Å². The summed E-state index contributed by atoms with van der Waals surface area (Å²) in [4.78, 5) is 3.96. The first-order chi connectivity index (χ1) is 6.97. The summed E-state index contributed by atoms with van der Waals surface area (Å²) in [6.45, 7) is 0. The van der Waals surface area contributed by atoms with Crippen LogP contribution in [0.3, 0.4) is 0 Å². The zero-order valence-corrected chi connectivity index (χ0v) is 8.01. The van der Waals surface area contributed by atoms with E-state index in [0.29, 0.717) is 17.8 Å². The molecule has 0 saturated carbocycles. The highest BCUT2D eigenvalue weighted by Gasteiger charge is 2.41. The maximum absolute atomic E-state index is 12.5. The summed E-state index contributed by atoms with van der Waals surface area (Å²) in [7, 11) is 0. The van der Waals surface area contributed by atoms with Gasteiger partial charge >= 0.3 is 6.18 Å². The summed E-state index contributed by atoms with van der Waals surface area (Å²) in [5.41, 5.74) is 7.43. The SMILES string of the molecule is Nc1cnc2c(c1)CCC(C(F)(F)F)C2. The molecule has 1 heterocycles. The van der Waals surface area contributed by atoms with Gasteiger partial charge in [0.1, 0.15) is 0 Å². The number of rotatable bonds is 0. The Morgan fingerprint density at radius 2 is 2.13 bits per heavy atom. The molecule has 0 bridgehead atoms. The molecule has 1 unspecified atom stereocenters. The van der Waals surface area contributed by atoms with Crippen LogP contribution in [0, 0.1) is 5.92 Å². The van der Waals surface area contributed by atoms with E-state index in [1.807, 2.05) is 0 Å². The lowest BCUT2D eigenvalue weighted by Gasteiger charge is -2.25. The van der Waals surface area contributed by atoms with Crippen LogP contribution < -0.4 is 5.73 Å². The molecule has 5 heteroatoms. The normalized spacial score (nSPS) is 21.1. The summed E-state index contributed by atoms with van der Waals surface area (Å²) in [6.07, 6.45) is -2.16. The van der Waals surface area contributed by atoms with Gasteiger partial charge in [0.2, 0.25) is 0 Å². The van der Waals surface area contributed by atoms with E-state index in [2.05, 4.69) is 4.98 Å². The van der Waals surface area contributed by atoms with Crippen molar-refractivity contribution in [3.05, 3.63) is 23.5 Å². The molecule has 0 aliphatic heterocycles. The minimum atomic E-state index is -4.11. The Balaban J connectivity index is 2.24. The fraction of sp³-hybridized carbons (Fsp3) is 0.500. The van der Waals surface area contributed by atoms with E-state index in [1.165, 1.54) is 6.20 Å². The van der Waals surface area contributed by atoms with Gasteiger partial charge in [-0.1, -0.05) is 0 Å². The van der Waals surface area contributed by atoms with Crippen LogP contribution in [-0.4, -0.2) is 11.2 Å². The Kier molecular flexibility index (Phi) is 2.32. The van der Waals surface area contributed by atoms with Gasteiger partial charge in [-0.3, -0.25) is 4.98 Å². The average Bonchev–Trinajstić information content (AvgIpc) is 2.15. The van der Waals surface area contributed by atoms with Crippen LogP contribution >= 0.6 is 0 Å². The van der Waals surface area contributed by atoms with Gasteiger partial charge in [0, 0.05) is 12.1 Å². The number of aromatic nitrogens is 1. The van der Waals surface area contributed by atoms with Crippen molar-refractivity contribution in [2.24, 2.45) is 5.92 Å². The highest BCUT2D eigenvalue weighted by molar-refractivity contribution is 5.41. The van der Waals surface area contributed by atoms with Gasteiger partial charge < -0.3 is 5.73 Å². The topological polar surface area (TPSA) is 38.9 Å². The van der Waals surface area contributed by atoms with E-state index in [1.54, 1.807) is 6.07 Å². The predicted molar refractivity (Wildman–Crippen MR) is 50.2 cm³/mol. The van der Waals surface area contributed by atoms with Crippen LogP contribution in [0.4, 0.5) is 18.9 Å². The van der Waals surface area contributed by atoms with Gasteiger partial charge in [-0.05, 0) is 24.5 Å². The van der Waals surface area contributed by atoms with Crippen molar-refractivity contribution >= 4 is 5.69 Å². The maximum Gasteiger partial charge on any atom is 0.392 e. The third-order valence-corrected chi connectivity index (χ3v) is 2.75. The van der Waals surface area contributed by atoms with Crippen molar-refractivity contribution in [2.45, 2.75) is 25.4 Å². The maximum atomic E-state index is 12.5. The average molecular weight is 216 g/mol. The number of anilines is 1. The standard InChI is InChI=1S/C10H11F3N2/c11-10(12,13)7-2-1-6-3-8(14)5-15-9(6)4-7/h3,5,7H,1-2,4,14H2. The summed E-state index contributed by atoms with van der Waals surface area (Å²) < 4.78 is 37.4. The van der Waals surface area contributed by atoms with E-state index in [9.17, 15) is 13.2 Å². The van der Waals surface area contributed by atoms with Crippen molar-refractivity contribution in [2.75, 3.05) is 5.73 Å². The number of fused-ring (bicyclic) bond motifs is 1. The number of nitrogens with two attached hydrogens (primary N) is 1. The Labute approximate surface area is 85.3 Å². The van der Waals surface area contributed by atoms with Crippen LogP contribution in [0.25, 0.3) is 0 Å². The number of aryl methyl sites for hydroxylation is 1. The lowest BCUT2D eigenvalue weighted by atomic mass is 9.86. The minimum absolute atomic E-state index is 0.0148. The molecule has 2 N–H and O–H groups in total. The van der Waals surface area contributed by atoms with Gasteiger partial charge in [0.25, 0.3) is 0 Å². The van der Waals surface area contributed by atoms with E-state index >= 15 is 0 Å². The number of alkyl halides is 3. The molecule has 82 valence electrons.